The molecule has 3 amide bonds. The summed E-state index contributed by atoms with van der Waals surface area (Å²) in [5.41, 5.74) is 0.538. The number of likely N-dealkylation sites (tertiary alicyclic amines) is 1. The van der Waals surface area contributed by atoms with E-state index in [2.05, 4.69) is 5.32 Å². The number of nitrogens with one attached hydrogen (secondary N) is 1. The van der Waals surface area contributed by atoms with Crippen LogP contribution in [0.5, 0.6) is 5.75 Å². The fourth-order valence-corrected chi connectivity index (χ4v) is 5.10. The summed E-state index contributed by atoms with van der Waals surface area (Å²) in [4.78, 5) is 52.3. The van der Waals surface area contributed by atoms with Crippen LogP contribution < -0.4 is 10.1 Å². The molecule has 1 saturated heterocycles. The summed E-state index contributed by atoms with van der Waals surface area (Å²) in [5.74, 6) is -2.14. The molecule has 32 heavy (non-hydrogen) atoms. The van der Waals surface area contributed by atoms with Crippen molar-refractivity contribution in [1.82, 2.24) is 4.90 Å². The molecular formula is C24H28N2O6. The second kappa shape index (κ2) is 8.76. The molecule has 1 N–H and O–H groups in total. The number of esters is 1. The lowest BCUT2D eigenvalue weighted by molar-refractivity contribution is -0.162. The highest BCUT2D eigenvalue weighted by Crippen LogP contribution is 2.53. The van der Waals surface area contributed by atoms with Gasteiger partial charge in [0.1, 0.15) is 11.8 Å². The zero-order valence-corrected chi connectivity index (χ0v) is 18.4. The molecule has 1 saturated carbocycles. The van der Waals surface area contributed by atoms with E-state index in [-0.39, 0.29) is 41.4 Å². The van der Waals surface area contributed by atoms with Crippen LogP contribution in [0.25, 0.3) is 0 Å². The third-order valence-electron chi connectivity index (χ3n) is 6.45. The zero-order chi connectivity index (χ0) is 23.0. The lowest BCUT2D eigenvalue weighted by Gasteiger charge is -2.28. The molecule has 1 aromatic rings. The Bertz CT molecular complexity index is 924. The number of anilines is 1. The Balaban J connectivity index is 1.37. The highest BCUT2D eigenvalue weighted by molar-refractivity contribution is 6.09. The molecule has 8 heteroatoms. The van der Waals surface area contributed by atoms with E-state index in [0.717, 1.165) is 11.3 Å². The summed E-state index contributed by atoms with van der Waals surface area (Å²) in [7, 11) is 0. The van der Waals surface area contributed by atoms with Crippen LogP contribution in [0.3, 0.4) is 0 Å². The molecule has 0 unspecified atom stereocenters. The molecule has 4 rings (SSSR count). The Morgan fingerprint density at radius 2 is 1.66 bits per heavy atom. The average molecular weight is 440 g/mol. The first kappa shape index (κ1) is 22.0. The molecule has 2 fully saturated rings. The fraction of sp³-hybridized carbons (Fsp3) is 0.500. The van der Waals surface area contributed by atoms with Crippen LogP contribution in [0, 0.1) is 29.6 Å². The van der Waals surface area contributed by atoms with E-state index >= 15 is 0 Å². The van der Waals surface area contributed by atoms with Crippen LogP contribution in [-0.2, 0) is 23.9 Å². The van der Waals surface area contributed by atoms with Crippen molar-refractivity contribution in [2.75, 3.05) is 18.5 Å². The second-order valence-electron chi connectivity index (χ2n) is 8.85. The molecule has 0 spiro atoms. The van der Waals surface area contributed by atoms with Gasteiger partial charge in [-0.1, -0.05) is 26.0 Å². The van der Waals surface area contributed by atoms with E-state index < -0.39 is 24.5 Å². The first-order valence-corrected chi connectivity index (χ1v) is 11.1. The first-order valence-electron chi connectivity index (χ1n) is 11.1. The SMILES string of the molecule is CCOc1ccc(NC(=O)COC(=O)[C@H](C(C)C)N2C(=O)[C@@H]3[C@H](C2=O)[C@H]2C=C[C@H]3C2)cc1. The molecule has 0 radical (unpaired) electrons. The maximum Gasteiger partial charge on any atom is 0.330 e. The predicted molar refractivity (Wildman–Crippen MR) is 115 cm³/mol. The van der Waals surface area contributed by atoms with Crippen molar-refractivity contribution in [1.29, 1.82) is 0 Å². The van der Waals surface area contributed by atoms with Crippen LogP contribution in [-0.4, -0.2) is 47.8 Å². The number of imide groups is 1. The Morgan fingerprint density at radius 1 is 1.06 bits per heavy atom. The smallest absolute Gasteiger partial charge is 0.330 e. The van der Waals surface area contributed by atoms with Gasteiger partial charge >= 0.3 is 5.97 Å². The van der Waals surface area contributed by atoms with Gasteiger partial charge in [0.15, 0.2) is 6.61 Å². The highest BCUT2D eigenvalue weighted by atomic mass is 16.5. The Hall–Kier alpha value is -3.16. The van der Waals surface area contributed by atoms with Crippen LogP contribution in [0.15, 0.2) is 36.4 Å². The molecular weight excluding hydrogens is 412 g/mol. The Kier molecular flexibility index (Phi) is 6.04. The minimum absolute atomic E-state index is 0.0650. The van der Waals surface area contributed by atoms with Gasteiger partial charge in [-0.3, -0.25) is 19.3 Å². The van der Waals surface area contributed by atoms with Crippen molar-refractivity contribution in [2.45, 2.75) is 33.2 Å². The van der Waals surface area contributed by atoms with Crippen LogP contribution in [0.2, 0.25) is 0 Å². The van der Waals surface area contributed by atoms with Gasteiger partial charge in [0.05, 0.1) is 18.4 Å². The summed E-state index contributed by atoms with van der Waals surface area (Å²) in [6.45, 7) is 5.43. The van der Waals surface area contributed by atoms with Crippen molar-refractivity contribution >= 4 is 29.4 Å². The predicted octanol–water partition coefficient (Wildman–Crippen LogP) is 2.40. The molecule has 8 nitrogen and oxygen atoms in total. The minimum Gasteiger partial charge on any atom is -0.494 e. The van der Waals surface area contributed by atoms with Gasteiger partial charge in [0.25, 0.3) is 5.91 Å². The lowest BCUT2D eigenvalue weighted by atomic mass is 9.85. The molecule has 3 aliphatic rings. The topological polar surface area (TPSA) is 102 Å². The maximum absolute atomic E-state index is 13.1. The van der Waals surface area contributed by atoms with Crippen LogP contribution in [0.4, 0.5) is 5.69 Å². The summed E-state index contributed by atoms with van der Waals surface area (Å²) >= 11 is 0. The molecule has 1 aromatic carbocycles. The second-order valence-corrected chi connectivity index (χ2v) is 8.85. The molecule has 1 aliphatic heterocycles. The maximum atomic E-state index is 13.1. The monoisotopic (exact) mass is 440 g/mol. The van der Waals surface area contributed by atoms with Gasteiger partial charge in [-0.15, -0.1) is 0 Å². The van der Waals surface area contributed by atoms with E-state index in [0.29, 0.717) is 18.0 Å². The average Bonchev–Trinajstić information content (AvgIpc) is 3.44. The number of benzene rings is 1. The molecule has 5 atom stereocenters. The lowest BCUT2D eigenvalue weighted by Crippen LogP contribution is -2.50. The number of carbonyl (C=O) groups excluding carboxylic acids is 4. The number of hydrogen-bond acceptors (Lipinski definition) is 6. The summed E-state index contributed by atoms with van der Waals surface area (Å²) in [6.07, 6.45) is 4.84. The number of nitrogens with zero attached hydrogens (tertiary/aromatic N) is 1. The van der Waals surface area contributed by atoms with Crippen molar-refractivity contribution in [3.05, 3.63) is 36.4 Å². The van der Waals surface area contributed by atoms with E-state index in [1.807, 2.05) is 19.1 Å². The van der Waals surface area contributed by atoms with Crippen molar-refractivity contribution in [3.8, 4) is 5.75 Å². The number of carbonyl (C=O) groups is 4. The molecule has 170 valence electrons. The number of amides is 3. The van der Waals surface area contributed by atoms with Gasteiger partial charge in [0.2, 0.25) is 11.8 Å². The number of fused-ring (bicyclic) bond motifs is 5. The van der Waals surface area contributed by atoms with E-state index in [9.17, 15) is 19.2 Å². The molecule has 1 heterocycles. The van der Waals surface area contributed by atoms with Gasteiger partial charge in [-0.25, -0.2) is 4.79 Å². The van der Waals surface area contributed by atoms with Crippen molar-refractivity contribution in [3.63, 3.8) is 0 Å². The van der Waals surface area contributed by atoms with Gasteiger partial charge < -0.3 is 14.8 Å². The number of hydrogen-bond donors (Lipinski definition) is 1. The van der Waals surface area contributed by atoms with Gasteiger partial charge in [0, 0.05) is 5.69 Å². The van der Waals surface area contributed by atoms with E-state index in [1.165, 1.54) is 0 Å². The third-order valence-corrected chi connectivity index (χ3v) is 6.45. The minimum atomic E-state index is -1.04. The highest BCUT2D eigenvalue weighted by Gasteiger charge is 2.61. The standard InChI is InChI=1S/C24H28N2O6/c1-4-31-17-9-7-16(8-10-17)25-18(27)12-32-24(30)21(13(2)3)26-22(28)19-14-5-6-15(11-14)20(19)23(26)29/h5-10,13-15,19-21H,4,11-12H2,1-3H3,(H,25,27)/t14-,15-,19-,20+,21-/m0/s1. The van der Waals surface area contributed by atoms with Crippen molar-refractivity contribution in [2.24, 2.45) is 29.6 Å². The summed E-state index contributed by atoms with van der Waals surface area (Å²) in [6, 6.07) is 5.78. The van der Waals surface area contributed by atoms with Gasteiger partial charge in [-0.05, 0) is 55.4 Å². The number of rotatable bonds is 8. The van der Waals surface area contributed by atoms with Crippen LogP contribution in [0.1, 0.15) is 27.2 Å². The Labute approximate surface area is 186 Å². The third kappa shape index (κ3) is 3.89. The van der Waals surface area contributed by atoms with E-state index in [4.69, 9.17) is 9.47 Å². The summed E-state index contributed by atoms with van der Waals surface area (Å²) in [5, 5.41) is 2.65. The van der Waals surface area contributed by atoms with Gasteiger partial charge in [-0.2, -0.15) is 0 Å². The largest absolute Gasteiger partial charge is 0.494 e. The molecule has 2 bridgehead atoms. The normalized spacial score (nSPS) is 26.4. The van der Waals surface area contributed by atoms with E-state index in [1.54, 1.807) is 38.1 Å². The Morgan fingerprint density at radius 3 is 2.19 bits per heavy atom. The number of allylic oxidation sites excluding steroid dienone is 2. The molecule has 0 aromatic heterocycles. The zero-order valence-electron chi connectivity index (χ0n) is 18.4. The first-order chi connectivity index (χ1) is 15.3. The van der Waals surface area contributed by atoms with Crippen LogP contribution >= 0.6 is 0 Å². The summed E-state index contributed by atoms with van der Waals surface area (Å²) < 4.78 is 10.6. The quantitative estimate of drug-likeness (QED) is 0.378. The number of ether oxygens (including phenoxy) is 2. The fourth-order valence-electron chi connectivity index (χ4n) is 5.10. The van der Waals surface area contributed by atoms with Crippen molar-refractivity contribution < 1.29 is 28.7 Å². The molecule has 2 aliphatic carbocycles.